The predicted molar refractivity (Wildman–Crippen MR) is 73.7 cm³/mol. The van der Waals surface area contributed by atoms with E-state index in [1.54, 1.807) is 0 Å². The van der Waals surface area contributed by atoms with Crippen LogP contribution in [-0.2, 0) is 0 Å². The fraction of sp³-hybridized carbons (Fsp3) is 0.571. The first-order chi connectivity index (χ1) is 8.27. The first-order valence-corrected chi connectivity index (χ1v) is 6.50. The van der Waals surface area contributed by atoms with Crippen molar-refractivity contribution in [2.24, 2.45) is 0 Å². The van der Waals surface area contributed by atoms with Gasteiger partial charge in [-0.05, 0) is 25.0 Å². The van der Waals surface area contributed by atoms with Crippen molar-refractivity contribution in [2.75, 3.05) is 44.6 Å². The van der Waals surface area contributed by atoms with Crippen LogP contribution in [0.25, 0.3) is 0 Å². The van der Waals surface area contributed by atoms with Gasteiger partial charge in [0.15, 0.2) is 0 Å². The van der Waals surface area contributed by atoms with Crippen LogP contribution in [0.3, 0.4) is 0 Å². The van der Waals surface area contributed by atoms with Crippen molar-refractivity contribution in [3.8, 4) is 0 Å². The number of rotatable bonds is 4. The average molecular weight is 233 g/mol. The third kappa shape index (κ3) is 3.45. The predicted octanol–water partition coefficient (Wildman–Crippen LogP) is 1.62. The third-order valence-electron chi connectivity index (χ3n) is 3.42. The lowest BCUT2D eigenvalue weighted by Gasteiger charge is -2.27. The number of aryl methyl sites for hydroxylation is 2. The first kappa shape index (κ1) is 12.4. The standard InChI is InChI=1S/C14H23N3/c1-12-4-3-5-13(2)14(12)16-8-11-17-9-6-15-7-10-17/h3-5,15-16H,6-11H2,1-2H3. The van der Waals surface area contributed by atoms with Crippen molar-refractivity contribution >= 4 is 5.69 Å². The Morgan fingerprint density at radius 2 is 1.82 bits per heavy atom. The van der Waals surface area contributed by atoms with Crippen LogP contribution in [0.5, 0.6) is 0 Å². The zero-order valence-corrected chi connectivity index (χ0v) is 10.9. The molecule has 0 amide bonds. The summed E-state index contributed by atoms with van der Waals surface area (Å²) in [5.74, 6) is 0. The molecule has 3 nitrogen and oxygen atoms in total. The minimum Gasteiger partial charge on any atom is -0.383 e. The molecule has 94 valence electrons. The Morgan fingerprint density at radius 3 is 2.47 bits per heavy atom. The Bertz CT molecular complexity index is 336. The largest absolute Gasteiger partial charge is 0.383 e. The topological polar surface area (TPSA) is 27.3 Å². The molecule has 1 aliphatic rings. The van der Waals surface area contributed by atoms with E-state index in [9.17, 15) is 0 Å². The smallest absolute Gasteiger partial charge is 0.0400 e. The van der Waals surface area contributed by atoms with Gasteiger partial charge in [-0.15, -0.1) is 0 Å². The molecule has 2 N–H and O–H groups in total. The van der Waals surface area contributed by atoms with Gasteiger partial charge in [-0.25, -0.2) is 0 Å². The van der Waals surface area contributed by atoms with Crippen LogP contribution in [0.15, 0.2) is 18.2 Å². The molecule has 1 saturated heterocycles. The van der Waals surface area contributed by atoms with Gasteiger partial charge in [0.25, 0.3) is 0 Å². The second-order valence-electron chi connectivity index (χ2n) is 4.79. The molecule has 0 saturated carbocycles. The van der Waals surface area contributed by atoms with E-state index in [-0.39, 0.29) is 0 Å². The van der Waals surface area contributed by atoms with Gasteiger partial charge in [0.1, 0.15) is 0 Å². The van der Waals surface area contributed by atoms with Crippen LogP contribution in [0.4, 0.5) is 5.69 Å². The average Bonchev–Trinajstić information content (AvgIpc) is 2.34. The Morgan fingerprint density at radius 1 is 1.18 bits per heavy atom. The Hall–Kier alpha value is -1.06. The zero-order valence-electron chi connectivity index (χ0n) is 10.9. The van der Waals surface area contributed by atoms with E-state index in [1.807, 2.05) is 0 Å². The number of anilines is 1. The van der Waals surface area contributed by atoms with Gasteiger partial charge in [-0.1, -0.05) is 18.2 Å². The number of nitrogens with one attached hydrogen (secondary N) is 2. The van der Waals surface area contributed by atoms with Crippen molar-refractivity contribution in [1.82, 2.24) is 10.2 Å². The van der Waals surface area contributed by atoms with Crippen LogP contribution >= 0.6 is 0 Å². The Kier molecular flexibility index (Phi) is 4.40. The van der Waals surface area contributed by atoms with Gasteiger partial charge in [0, 0.05) is 45.0 Å². The molecule has 1 aliphatic heterocycles. The lowest BCUT2D eigenvalue weighted by atomic mass is 10.1. The summed E-state index contributed by atoms with van der Waals surface area (Å²) in [6.07, 6.45) is 0. The highest BCUT2D eigenvalue weighted by Crippen LogP contribution is 2.18. The van der Waals surface area contributed by atoms with Crippen LogP contribution in [0.2, 0.25) is 0 Å². The third-order valence-corrected chi connectivity index (χ3v) is 3.42. The fourth-order valence-corrected chi connectivity index (χ4v) is 2.37. The van der Waals surface area contributed by atoms with E-state index in [0.29, 0.717) is 0 Å². The van der Waals surface area contributed by atoms with Crippen LogP contribution in [0.1, 0.15) is 11.1 Å². The Balaban J connectivity index is 1.81. The van der Waals surface area contributed by atoms with Gasteiger partial charge in [0.05, 0.1) is 0 Å². The number of nitrogens with zero attached hydrogens (tertiary/aromatic N) is 1. The van der Waals surface area contributed by atoms with E-state index in [4.69, 9.17) is 0 Å². The highest BCUT2D eigenvalue weighted by Gasteiger charge is 2.08. The lowest BCUT2D eigenvalue weighted by Crippen LogP contribution is -2.45. The fourth-order valence-electron chi connectivity index (χ4n) is 2.37. The summed E-state index contributed by atoms with van der Waals surface area (Å²) in [4.78, 5) is 2.51. The molecule has 1 fully saturated rings. The number of hydrogen-bond donors (Lipinski definition) is 2. The van der Waals surface area contributed by atoms with Crippen molar-refractivity contribution in [1.29, 1.82) is 0 Å². The minimum atomic E-state index is 1.03. The van der Waals surface area contributed by atoms with E-state index < -0.39 is 0 Å². The maximum absolute atomic E-state index is 3.57. The second kappa shape index (κ2) is 6.03. The summed E-state index contributed by atoms with van der Waals surface area (Å²) in [6.45, 7) is 11.1. The molecule has 1 aromatic rings. The number of piperazine rings is 1. The molecule has 0 aromatic heterocycles. The Labute approximate surface area is 104 Å². The SMILES string of the molecule is Cc1cccc(C)c1NCCN1CCNCC1. The lowest BCUT2D eigenvalue weighted by molar-refractivity contribution is 0.249. The van der Waals surface area contributed by atoms with Crippen LogP contribution in [-0.4, -0.2) is 44.2 Å². The van der Waals surface area contributed by atoms with Crippen LogP contribution < -0.4 is 10.6 Å². The van der Waals surface area contributed by atoms with Gasteiger partial charge in [-0.3, -0.25) is 4.90 Å². The van der Waals surface area contributed by atoms with Crippen molar-refractivity contribution < 1.29 is 0 Å². The molecule has 3 heteroatoms. The number of benzene rings is 1. The molecule has 0 unspecified atom stereocenters. The van der Waals surface area contributed by atoms with Crippen molar-refractivity contribution in [3.63, 3.8) is 0 Å². The summed E-state index contributed by atoms with van der Waals surface area (Å²) in [5, 5.41) is 6.95. The molecule has 0 atom stereocenters. The monoisotopic (exact) mass is 233 g/mol. The molecular weight excluding hydrogens is 210 g/mol. The number of hydrogen-bond acceptors (Lipinski definition) is 3. The molecule has 17 heavy (non-hydrogen) atoms. The summed E-state index contributed by atoms with van der Waals surface area (Å²) >= 11 is 0. The van der Waals surface area contributed by atoms with E-state index in [2.05, 4.69) is 47.6 Å². The highest BCUT2D eigenvalue weighted by molar-refractivity contribution is 5.56. The van der Waals surface area contributed by atoms with Gasteiger partial charge in [0.2, 0.25) is 0 Å². The minimum absolute atomic E-state index is 1.03. The van der Waals surface area contributed by atoms with Crippen molar-refractivity contribution in [2.45, 2.75) is 13.8 Å². The molecule has 2 rings (SSSR count). The molecule has 0 aliphatic carbocycles. The van der Waals surface area contributed by atoms with E-state index >= 15 is 0 Å². The van der Waals surface area contributed by atoms with E-state index in [1.165, 1.54) is 29.9 Å². The summed E-state index contributed by atoms with van der Waals surface area (Å²) < 4.78 is 0. The van der Waals surface area contributed by atoms with E-state index in [0.717, 1.165) is 26.2 Å². The second-order valence-corrected chi connectivity index (χ2v) is 4.79. The quantitative estimate of drug-likeness (QED) is 0.827. The summed E-state index contributed by atoms with van der Waals surface area (Å²) in [6, 6.07) is 6.45. The summed E-state index contributed by atoms with van der Waals surface area (Å²) in [7, 11) is 0. The summed E-state index contributed by atoms with van der Waals surface area (Å²) in [5.41, 5.74) is 3.98. The number of para-hydroxylation sites is 1. The van der Waals surface area contributed by atoms with Gasteiger partial charge >= 0.3 is 0 Å². The normalized spacial score (nSPS) is 17.1. The van der Waals surface area contributed by atoms with Crippen LogP contribution in [0, 0.1) is 13.8 Å². The molecule has 1 heterocycles. The van der Waals surface area contributed by atoms with Gasteiger partial charge < -0.3 is 10.6 Å². The highest BCUT2D eigenvalue weighted by atomic mass is 15.2. The maximum Gasteiger partial charge on any atom is 0.0400 e. The van der Waals surface area contributed by atoms with Crippen molar-refractivity contribution in [3.05, 3.63) is 29.3 Å². The molecule has 0 spiro atoms. The maximum atomic E-state index is 3.57. The first-order valence-electron chi connectivity index (χ1n) is 6.50. The molecular formula is C14H23N3. The van der Waals surface area contributed by atoms with Gasteiger partial charge in [-0.2, -0.15) is 0 Å². The molecule has 0 radical (unpaired) electrons. The zero-order chi connectivity index (χ0) is 12.1. The molecule has 0 bridgehead atoms. The molecule has 1 aromatic carbocycles.